The van der Waals surface area contributed by atoms with Crippen molar-refractivity contribution >= 4 is 5.69 Å². The Morgan fingerprint density at radius 2 is 1.81 bits per heavy atom. The lowest BCUT2D eigenvalue weighted by Crippen LogP contribution is -2.47. The van der Waals surface area contributed by atoms with Crippen molar-refractivity contribution in [2.45, 2.75) is 52.6 Å². The molecule has 90 valence electrons. The Morgan fingerprint density at radius 3 is 2.25 bits per heavy atom. The SMILES string of the molecule is CCC(C)(C)N(c1ccccc1O)C(C)C. The van der Waals surface area contributed by atoms with Crippen LogP contribution in [0.15, 0.2) is 24.3 Å². The molecular formula is C14H23NO. The Labute approximate surface area is 98.9 Å². The first-order chi connectivity index (χ1) is 7.40. The molecule has 0 aliphatic heterocycles. The molecule has 0 aliphatic rings. The van der Waals surface area contributed by atoms with E-state index in [1.54, 1.807) is 6.07 Å². The molecule has 0 aromatic heterocycles. The zero-order chi connectivity index (χ0) is 12.3. The van der Waals surface area contributed by atoms with E-state index in [0.717, 1.165) is 12.1 Å². The van der Waals surface area contributed by atoms with E-state index in [4.69, 9.17) is 0 Å². The number of rotatable bonds is 4. The number of phenols is 1. The normalized spacial score (nSPS) is 11.9. The van der Waals surface area contributed by atoms with Gasteiger partial charge in [-0.15, -0.1) is 0 Å². The van der Waals surface area contributed by atoms with Gasteiger partial charge in [-0.3, -0.25) is 0 Å². The van der Waals surface area contributed by atoms with Crippen molar-refractivity contribution in [3.05, 3.63) is 24.3 Å². The van der Waals surface area contributed by atoms with Crippen molar-refractivity contribution in [1.82, 2.24) is 0 Å². The highest BCUT2D eigenvalue weighted by molar-refractivity contribution is 5.59. The van der Waals surface area contributed by atoms with Gasteiger partial charge in [-0.25, -0.2) is 0 Å². The van der Waals surface area contributed by atoms with Crippen LogP contribution in [0.2, 0.25) is 0 Å². The lowest BCUT2D eigenvalue weighted by Gasteiger charge is -2.43. The fourth-order valence-electron chi connectivity index (χ4n) is 2.14. The number of phenolic OH excluding ortho intramolecular Hbond substituents is 1. The van der Waals surface area contributed by atoms with Gasteiger partial charge in [-0.2, -0.15) is 0 Å². The van der Waals surface area contributed by atoms with Gasteiger partial charge in [-0.05, 0) is 46.2 Å². The van der Waals surface area contributed by atoms with Crippen LogP contribution in [-0.2, 0) is 0 Å². The maximum Gasteiger partial charge on any atom is 0.138 e. The van der Waals surface area contributed by atoms with Crippen LogP contribution in [0.3, 0.4) is 0 Å². The average molecular weight is 221 g/mol. The highest BCUT2D eigenvalue weighted by Gasteiger charge is 2.28. The second-order valence-electron chi connectivity index (χ2n) is 5.12. The fourth-order valence-corrected chi connectivity index (χ4v) is 2.14. The molecule has 0 radical (unpaired) electrons. The molecule has 0 amide bonds. The van der Waals surface area contributed by atoms with Crippen molar-refractivity contribution in [2.75, 3.05) is 4.90 Å². The average Bonchev–Trinajstić information content (AvgIpc) is 2.20. The first-order valence-electron chi connectivity index (χ1n) is 5.97. The summed E-state index contributed by atoms with van der Waals surface area (Å²) < 4.78 is 0. The van der Waals surface area contributed by atoms with Crippen LogP contribution < -0.4 is 4.90 Å². The Kier molecular flexibility index (Phi) is 3.84. The summed E-state index contributed by atoms with van der Waals surface area (Å²) in [4.78, 5) is 2.28. The third-order valence-corrected chi connectivity index (χ3v) is 3.18. The van der Waals surface area contributed by atoms with E-state index in [1.165, 1.54) is 0 Å². The second-order valence-corrected chi connectivity index (χ2v) is 5.12. The number of benzene rings is 1. The van der Waals surface area contributed by atoms with Crippen LogP contribution in [0.25, 0.3) is 0 Å². The van der Waals surface area contributed by atoms with Gasteiger partial charge in [0, 0.05) is 11.6 Å². The summed E-state index contributed by atoms with van der Waals surface area (Å²) in [6.07, 6.45) is 1.04. The van der Waals surface area contributed by atoms with Crippen molar-refractivity contribution < 1.29 is 5.11 Å². The van der Waals surface area contributed by atoms with Crippen LogP contribution in [0.5, 0.6) is 5.75 Å². The molecule has 0 bridgehead atoms. The number of aromatic hydroxyl groups is 1. The summed E-state index contributed by atoms with van der Waals surface area (Å²) in [7, 11) is 0. The summed E-state index contributed by atoms with van der Waals surface area (Å²) >= 11 is 0. The van der Waals surface area contributed by atoms with Gasteiger partial charge < -0.3 is 10.0 Å². The maximum absolute atomic E-state index is 9.95. The molecule has 2 heteroatoms. The first-order valence-corrected chi connectivity index (χ1v) is 5.97. The molecule has 1 N–H and O–H groups in total. The summed E-state index contributed by atoms with van der Waals surface area (Å²) in [5.41, 5.74) is 0.969. The van der Waals surface area contributed by atoms with E-state index < -0.39 is 0 Å². The Balaban J connectivity index is 3.19. The van der Waals surface area contributed by atoms with Crippen molar-refractivity contribution in [3.63, 3.8) is 0 Å². The third-order valence-electron chi connectivity index (χ3n) is 3.18. The van der Waals surface area contributed by atoms with Gasteiger partial charge in [0.25, 0.3) is 0 Å². The van der Waals surface area contributed by atoms with Crippen LogP contribution in [-0.4, -0.2) is 16.7 Å². The lowest BCUT2D eigenvalue weighted by atomic mass is 9.96. The molecule has 0 heterocycles. The van der Waals surface area contributed by atoms with Crippen LogP contribution in [0.1, 0.15) is 41.0 Å². The number of nitrogens with zero attached hydrogens (tertiary/aromatic N) is 1. The van der Waals surface area contributed by atoms with Crippen molar-refractivity contribution in [1.29, 1.82) is 0 Å². The van der Waals surface area contributed by atoms with Gasteiger partial charge in [0.05, 0.1) is 5.69 Å². The molecule has 1 aromatic carbocycles. The largest absolute Gasteiger partial charge is 0.506 e. The quantitative estimate of drug-likeness (QED) is 0.836. The monoisotopic (exact) mass is 221 g/mol. The lowest BCUT2D eigenvalue weighted by molar-refractivity contribution is 0.402. The van der Waals surface area contributed by atoms with Gasteiger partial charge in [0.15, 0.2) is 0 Å². The Morgan fingerprint density at radius 1 is 1.25 bits per heavy atom. The standard InChI is InChI=1S/C14H23NO/c1-6-14(4,5)15(11(2)3)12-9-7-8-10-13(12)16/h7-11,16H,6H2,1-5H3. The summed E-state index contributed by atoms with van der Waals surface area (Å²) in [6.45, 7) is 10.9. The van der Waals surface area contributed by atoms with Crippen molar-refractivity contribution in [3.8, 4) is 5.75 Å². The van der Waals surface area contributed by atoms with E-state index in [9.17, 15) is 5.11 Å². The number of hydrogen-bond acceptors (Lipinski definition) is 2. The van der Waals surface area contributed by atoms with Gasteiger partial charge >= 0.3 is 0 Å². The molecule has 2 nitrogen and oxygen atoms in total. The van der Waals surface area contributed by atoms with Crippen LogP contribution in [0.4, 0.5) is 5.69 Å². The van der Waals surface area contributed by atoms with Gasteiger partial charge in [0.1, 0.15) is 5.75 Å². The fraction of sp³-hybridized carbons (Fsp3) is 0.571. The molecule has 1 rings (SSSR count). The van der Waals surface area contributed by atoms with Crippen LogP contribution >= 0.6 is 0 Å². The molecule has 0 saturated heterocycles. The molecule has 0 atom stereocenters. The predicted molar refractivity (Wildman–Crippen MR) is 70.1 cm³/mol. The van der Waals surface area contributed by atoms with Gasteiger partial charge in [-0.1, -0.05) is 19.1 Å². The molecule has 0 unspecified atom stereocenters. The van der Waals surface area contributed by atoms with E-state index in [-0.39, 0.29) is 5.54 Å². The van der Waals surface area contributed by atoms with Crippen LogP contribution in [0, 0.1) is 0 Å². The maximum atomic E-state index is 9.95. The topological polar surface area (TPSA) is 23.5 Å². The van der Waals surface area contributed by atoms with Crippen molar-refractivity contribution in [2.24, 2.45) is 0 Å². The number of anilines is 1. The molecule has 1 aromatic rings. The smallest absolute Gasteiger partial charge is 0.138 e. The minimum Gasteiger partial charge on any atom is -0.506 e. The highest BCUT2D eigenvalue weighted by Crippen LogP contribution is 2.34. The first kappa shape index (κ1) is 12.9. The number of hydrogen-bond donors (Lipinski definition) is 1. The molecule has 0 aliphatic carbocycles. The Hall–Kier alpha value is -1.18. The zero-order valence-electron chi connectivity index (χ0n) is 11.0. The molecule has 0 fully saturated rings. The summed E-state index contributed by atoms with van der Waals surface area (Å²) in [5, 5.41) is 9.95. The third kappa shape index (κ3) is 2.49. The summed E-state index contributed by atoms with van der Waals surface area (Å²) in [6, 6.07) is 7.92. The van der Waals surface area contributed by atoms with E-state index >= 15 is 0 Å². The number of para-hydroxylation sites is 2. The van der Waals surface area contributed by atoms with E-state index in [1.807, 2.05) is 18.2 Å². The summed E-state index contributed by atoms with van der Waals surface area (Å²) in [5.74, 6) is 0.359. The molecule has 0 saturated carbocycles. The molecular weight excluding hydrogens is 198 g/mol. The van der Waals surface area contributed by atoms with E-state index in [0.29, 0.717) is 11.8 Å². The predicted octanol–water partition coefficient (Wildman–Crippen LogP) is 3.80. The Bertz CT molecular complexity index is 344. The van der Waals surface area contributed by atoms with Gasteiger partial charge in [0.2, 0.25) is 0 Å². The zero-order valence-corrected chi connectivity index (χ0v) is 11.0. The highest BCUT2D eigenvalue weighted by atomic mass is 16.3. The minimum atomic E-state index is 0.0486. The van der Waals surface area contributed by atoms with E-state index in [2.05, 4.69) is 39.5 Å². The molecule has 0 spiro atoms. The second kappa shape index (κ2) is 4.77. The molecule has 16 heavy (non-hydrogen) atoms. The minimum absolute atomic E-state index is 0.0486.